The second kappa shape index (κ2) is 5.10. The molecule has 2 fully saturated rings. The topological polar surface area (TPSA) is 24.5 Å². The second-order valence-electron chi connectivity index (χ2n) is 4.75. The summed E-state index contributed by atoms with van der Waals surface area (Å²) in [5, 5.41) is 3.34. The lowest BCUT2D eigenvalue weighted by molar-refractivity contribution is 0.0768. The van der Waals surface area contributed by atoms with Crippen molar-refractivity contribution in [2.24, 2.45) is 11.8 Å². The molecule has 0 bridgehead atoms. The molecule has 1 N–H and O–H groups in total. The van der Waals surface area contributed by atoms with E-state index in [4.69, 9.17) is 4.74 Å². The van der Waals surface area contributed by atoms with E-state index in [0.717, 1.165) is 18.4 Å². The maximum absolute atomic E-state index is 5.24. The molecule has 0 aromatic carbocycles. The smallest absolute Gasteiger partial charge is 0.0502 e. The van der Waals surface area contributed by atoms with E-state index in [1.54, 1.807) is 0 Å². The quantitative estimate of drug-likeness (QED) is 0.714. The first-order chi connectivity index (χ1) is 6.88. The fourth-order valence-electron chi connectivity index (χ4n) is 2.53. The van der Waals surface area contributed by atoms with Crippen LogP contribution in [0.3, 0.4) is 0 Å². The van der Waals surface area contributed by atoms with Crippen LogP contribution in [0, 0.1) is 11.8 Å². The predicted octanol–water partition coefficient (Wildman–Crippen LogP) is 0.564. The SMILES string of the molecule is COCC1CCCN(CC2CNC2)C1. The standard InChI is InChI=1S/C11H22N2O/c1-14-9-10-3-2-4-13(7-10)8-11-5-12-6-11/h10-12H,2-9H2,1H3. The molecule has 82 valence electrons. The zero-order valence-corrected chi connectivity index (χ0v) is 9.17. The number of nitrogens with zero attached hydrogens (tertiary/aromatic N) is 1. The molecule has 0 aromatic heterocycles. The van der Waals surface area contributed by atoms with Crippen molar-refractivity contribution in [3.8, 4) is 0 Å². The molecular formula is C11H22N2O. The van der Waals surface area contributed by atoms with Crippen LogP contribution in [0.2, 0.25) is 0 Å². The maximum Gasteiger partial charge on any atom is 0.0502 e. The summed E-state index contributed by atoms with van der Waals surface area (Å²) in [5.41, 5.74) is 0. The van der Waals surface area contributed by atoms with Gasteiger partial charge in [0.15, 0.2) is 0 Å². The molecule has 3 nitrogen and oxygen atoms in total. The lowest BCUT2D eigenvalue weighted by Gasteiger charge is -2.37. The van der Waals surface area contributed by atoms with Gasteiger partial charge in [0, 0.05) is 33.3 Å². The Labute approximate surface area is 86.8 Å². The van der Waals surface area contributed by atoms with Gasteiger partial charge in [-0.2, -0.15) is 0 Å². The van der Waals surface area contributed by atoms with Gasteiger partial charge in [0.25, 0.3) is 0 Å². The highest BCUT2D eigenvalue weighted by atomic mass is 16.5. The molecule has 3 heteroatoms. The average molecular weight is 198 g/mol. The lowest BCUT2D eigenvalue weighted by Crippen LogP contribution is -2.50. The monoisotopic (exact) mass is 198 g/mol. The minimum Gasteiger partial charge on any atom is -0.384 e. The van der Waals surface area contributed by atoms with E-state index in [2.05, 4.69) is 10.2 Å². The Bertz CT molecular complexity index is 169. The van der Waals surface area contributed by atoms with Crippen molar-refractivity contribution in [3.63, 3.8) is 0 Å². The Morgan fingerprint density at radius 3 is 2.86 bits per heavy atom. The van der Waals surface area contributed by atoms with Crippen molar-refractivity contribution in [1.29, 1.82) is 0 Å². The van der Waals surface area contributed by atoms with Gasteiger partial charge >= 0.3 is 0 Å². The minimum atomic E-state index is 0.779. The summed E-state index contributed by atoms with van der Waals surface area (Å²) in [6.07, 6.45) is 2.71. The number of nitrogens with one attached hydrogen (secondary N) is 1. The lowest BCUT2D eigenvalue weighted by atomic mass is 9.96. The zero-order valence-electron chi connectivity index (χ0n) is 9.17. The maximum atomic E-state index is 5.24. The van der Waals surface area contributed by atoms with Crippen LogP contribution < -0.4 is 5.32 Å². The van der Waals surface area contributed by atoms with Crippen LogP contribution in [0.5, 0.6) is 0 Å². The first-order valence-electron chi connectivity index (χ1n) is 5.80. The van der Waals surface area contributed by atoms with Gasteiger partial charge in [-0.1, -0.05) is 0 Å². The van der Waals surface area contributed by atoms with Crippen LogP contribution in [0.4, 0.5) is 0 Å². The van der Waals surface area contributed by atoms with E-state index in [-0.39, 0.29) is 0 Å². The molecule has 1 unspecified atom stereocenters. The van der Waals surface area contributed by atoms with Crippen LogP contribution in [0.15, 0.2) is 0 Å². The van der Waals surface area contributed by atoms with Crippen molar-refractivity contribution >= 4 is 0 Å². The van der Waals surface area contributed by atoms with E-state index >= 15 is 0 Å². The van der Waals surface area contributed by atoms with Gasteiger partial charge in [0.1, 0.15) is 0 Å². The third-order valence-electron chi connectivity index (χ3n) is 3.39. The Balaban J connectivity index is 1.69. The van der Waals surface area contributed by atoms with Crippen LogP contribution in [-0.4, -0.2) is 51.3 Å². The molecule has 0 aliphatic carbocycles. The van der Waals surface area contributed by atoms with Gasteiger partial charge in [-0.15, -0.1) is 0 Å². The molecule has 2 heterocycles. The van der Waals surface area contributed by atoms with Crippen molar-refractivity contribution in [2.75, 3.05) is 46.4 Å². The van der Waals surface area contributed by atoms with Gasteiger partial charge in [0.2, 0.25) is 0 Å². The molecule has 14 heavy (non-hydrogen) atoms. The molecule has 2 aliphatic rings. The van der Waals surface area contributed by atoms with Crippen LogP contribution >= 0.6 is 0 Å². The highest BCUT2D eigenvalue weighted by Gasteiger charge is 2.24. The van der Waals surface area contributed by atoms with Gasteiger partial charge in [-0.05, 0) is 31.2 Å². The summed E-state index contributed by atoms with van der Waals surface area (Å²) in [5.74, 6) is 1.69. The van der Waals surface area contributed by atoms with Crippen molar-refractivity contribution < 1.29 is 4.74 Å². The summed E-state index contributed by atoms with van der Waals surface area (Å²) < 4.78 is 5.24. The Kier molecular flexibility index (Phi) is 3.79. The number of hydrogen-bond acceptors (Lipinski definition) is 3. The zero-order chi connectivity index (χ0) is 9.80. The summed E-state index contributed by atoms with van der Waals surface area (Å²) in [6, 6.07) is 0. The molecule has 2 aliphatic heterocycles. The number of rotatable bonds is 4. The number of methoxy groups -OCH3 is 1. The third kappa shape index (κ3) is 2.69. The Morgan fingerprint density at radius 2 is 2.21 bits per heavy atom. The van der Waals surface area contributed by atoms with Gasteiger partial charge in [-0.3, -0.25) is 0 Å². The summed E-state index contributed by atoms with van der Waals surface area (Å²) >= 11 is 0. The molecular weight excluding hydrogens is 176 g/mol. The Hall–Kier alpha value is -0.120. The summed E-state index contributed by atoms with van der Waals surface area (Å²) in [4.78, 5) is 2.62. The van der Waals surface area contributed by atoms with E-state index < -0.39 is 0 Å². The number of likely N-dealkylation sites (tertiary alicyclic amines) is 1. The fourth-order valence-corrected chi connectivity index (χ4v) is 2.53. The number of hydrogen-bond donors (Lipinski definition) is 1. The third-order valence-corrected chi connectivity index (χ3v) is 3.39. The van der Waals surface area contributed by atoms with E-state index in [9.17, 15) is 0 Å². The fraction of sp³-hybridized carbons (Fsp3) is 1.00. The Morgan fingerprint density at radius 1 is 1.36 bits per heavy atom. The highest BCUT2D eigenvalue weighted by molar-refractivity contribution is 4.81. The number of piperidine rings is 1. The molecule has 0 aromatic rings. The van der Waals surface area contributed by atoms with Crippen LogP contribution in [-0.2, 0) is 4.74 Å². The van der Waals surface area contributed by atoms with E-state index in [1.807, 2.05) is 7.11 Å². The first-order valence-corrected chi connectivity index (χ1v) is 5.80. The summed E-state index contributed by atoms with van der Waals surface area (Å²) in [6.45, 7) is 7.25. The molecule has 2 saturated heterocycles. The van der Waals surface area contributed by atoms with Crippen molar-refractivity contribution in [1.82, 2.24) is 10.2 Å². The predicted molar refractivity (Wildman–Crippen MR) is 57.4 cm³/mol. The second-order valence-corrected chi connectivity index (χ2v) is 4.75. The minimum absolute atomic E-state index is 0.779. The van der Waals surface area contributed by atoms with Crippen LogP contribution in [0.25, 0.3) is 0 Å². The first kappa shape index (κ1) is 10.4. The van der Waals surface area contributed by atoms with Gasteiger partial charge in [-0.25, -0.2) is 0 Å². The summed E-state index contributed by atoms with van der Waals surface area (Å²) in [7, 11) is 1.81. The number of ether oxygens (including phenoxy) is 1. The van der Waals surface area contributed by atoms with Crippen LogP contribution in [0.1, 0.15) is 12.8 Å². The molecule has 1 atom stereocenters. The molecule has 2 rings (SSSR count). The molecule has 0 radical (unpaired) electrons. The van der Waals surface area contributed by atoms with Gasteiger partial charge in [0.05, 0.1) is 6.61 Å². The molecule has 0 amide bonds. The van der Waals surface area contributed by atoms with E-state index in [1.165, 1.54) is 45.6 Å². The van der Waals surface area contributed by atoms with Crippen molar-refractivity contribution in [2.45, 2.75) is 12.8 Å². The normalized spacial score (nSPS) is 30.2. The highest BCUT2D eigenvalue weighted by Crippen LogP contribution is 2.18. The largest absolute Gasteiger partial charge is 0.384 e. The molecule has 0 saturated carbocycles. The average Bonchev–Trinajstić information content (AvgIpc) is 2.13. The molecule has 0 spiro atoms. The van der Waals surface area contributed by atoms with Gasteiger partial charge < -0.3 is 15.0 Å². The van der Waals surface area contributed by atoms with Crippen molar-refractivity contribution in [3.05, 3.63) is 0 Å². The van der Waals surface area contributed by atoms with E-state index in [0.29, 0.717) is 0 Å².